The van der Waals surface area contributed by atoms with Crippen LogP contribution in [0.1, 0.15) is 88.7 Å². The van der Waals surface area contributed by atoms with Crippen molar-refractivity contribution in [2.75, 3.05) is 0 Å². The second kappa shape index (κ2) is 18.2. The van der Waals surface area contributed by atoms with Crippen molar-refractivity contribution in [2.45, 2.75) is 85.4 Å². The molecule has 71 heavy (non-hydrogen) atoms. The third-order valence-electron chi connectivity index (χ3n) is 13.7. The van der Waals surface area contributed by atoms with E-state index in [9.17, 15) is 5.11 Å². The number of phenols is 1. The third-order valence-corrected chi connectivity index (χ3v) is 13.7. The van der Waals surface area contributed by atoms with Gasteiger partial charge in [0.25, 0.3) is 0 Å². The van der Waals surface area contributed by atoms with Crippen molar-refractivity contribution in [1.82, 2.24) is 14.5 Å². The summed E-state index contributed by atoms with van der Waals surface area (Å²) in [4.78, 5) is 10.7. The van der Waals surface area contributed by atoms with E-state index >= 15 is 0 Å². The van der Waals surface area contributed by atoms with Crippen LogP contribution in [-0.2, 0) is 16.2 Å². The minimum Gasteiger partial charge on any atom is -0.507 e. The van der Waals surface area contributed by atoms with Crippen LogP contribution in [0.2, 0.25) is 0 Å². The van der Waals surface area contributed by atoms with E-state index in [0.717, 1.165) is 78.0 Å². The maximum atomic E-state index is 12.8. The number of fused-ring (bicyclic) bond motifs is 1. The number of benzene rings is 8. The lowest BCUT2D eigenvalue weighted by Crippen LogP contribution is -2.17. The number of aryl methyl sites for hydroxylation is 1. The second-order valence-electron chi connectivity index (χ2n) is 21.9. The molecule has 4 heteroatoms. The Balaban J connectivity index is 1.33. The number of nitrogens with zero attached hydrogens (tertiary/aromatic N) is 3. The summed E-state index contributed by atoms with van der Waals surface area (Å²) < 4.78 is 29.5. The van der Waals surface area contributed by atoms with Crippen molar-refractivity contribution in [2.24, 2.45) is 0 Å². The van der Waals surface area contributed by atoms with Crippen LogP contribution in [0.25, 0.3) is 95.0 Å². The number of para-hydroxylation sites is 1. The Bertz CT molecular complexity index is 3690. The number of imidazole rings is 1. The van der Waals surface area contributed by atoms with Crippen LogP contribution in [0.15, 0.2) is 194 Å². The smallest absolute Gasteiger partial charge is 0.149 e. The molecule has 0 unspecified atom stereocenters. The van der Waals surface area contributed by atoms with Gasteiger partial charge in [-0.05, 0) is 139 Å². The van der Waals surface area contributed by atoms with Gasteiger partial charge < -0.3 is 5.11 Å². The summed E-state index contributed by atoms with van der Waals surface area (Å²) >= 11 is 0. The average Bonchev–Trinajstić information content (AvgIpc) is 3.78. The molecule has 0 aliphatic rings. The molecule has 8 aromatic carbocycles. The SMILES string of the molecule is [2H]C([2H])([2H])c1cc(-n2c(-c3cc(C(C)(C)C)cc(C(C)(C)C)c3O)nc3c(-c4cc(-c5ccccc5)cc(-c5cc(-c6ccccc6)ccn5)c4)cccc32)c(-c2ccc(C(C)(C)C)cc2)cc1-c1ccccc1. The average molecular weight is 929 g/mol. The van der Waals surface area contributed by atoms with Crippen LogP contribution in [0.5, 0.6) is 5.75 Å². The molecule has 2 aromatic heterocycles. The summed E-state index contributed by atoms with van der Waals surface area (Å²) in [5, 5.41) is 12.8. The summed E-state index contributed by atoms with van der Waals surface area (Å²) in [6, 6.07) is 64.2. The van der Waals surface area contributed by atoms with Gasteiger partial charge in [0, 0.05) is 32.6 Å². The number of rotatable bonds is 8. The van der Waals surface area contributed by atoms with Crippen molar-refractivity contribution in [3.63, 3.8) is 0 Å². The Morgan fingerprint density at radius 2 is 1.03 bits per heavy atom. The molecule has 0 amide bonds. The van der Waals surface area contributed by atoms with Gasteiger partial charge in [-0.2, -0.15) is 0 Å². The van der Waals surface area contributed by atoms with Gasteiger partial charge in [0.15, 0.2) is 0 Å². The van der Waals surface area contributed by atoms with Crippen LogP contribution in [0.4, 0.5) is 0 Å². The lowest BCUT2D eigenvalue weighted by atomic mass is 9.79. The summed E-state index contributed by atoms with van der Waals surface area (Å²) in [5.41, 5.74) is 16.0. The monoisotopic (exact) mass is 929 g/mol. The maximum Gasteiger partial charge on any atom is 0.149 e. The molecule has 0 aliphatic heterocycles. The number of aromatic nitrogens is 3. The highest BCUT2D eigenvalue weighted by Gasteiger charge is 2.30. The minimum absolute atomic E-state index is 0.0927. The first-order valence-electron chi connectivity index (χ1n) is 26.1. The molecule has 0 saturated heterocycles. The van der Waals surface area contributed by atoms with Crippen LogP contribution < -0.4 is 0 Å². The van der Waals surface area contributed by atoms with Crippen LogP contribution in [-0.4, -0.2) is 19.6 Å². The molecule has 0 aliphatic carbocycles. The zero-order chi connectivity index (χ0) is 52.3. The Morgan fingerprint density at radius 1 is 0.437 bits per heavy atom. The van der Waals surface area contributed by atoms with Gasteiger partial charge in [0.05, 0.1) is 28.0 Å². The quantitative estimate of drug-likeness (QED) is 0.165. The molecule has 1 N–H and O–H groups in total. The van der Waals surface area contributed by atoms with Crippen molar-refractivity contribution in [1.29, 1.82) is 0 Å². The molecule has 0 atom stereocenters. The van der Waals surface area contributed by atoms with Crippen LogP contribution >= 0.6 is 0 Å². The van der Waals surface area contributed by atoms with Crippen molar-refractivity contribution in [3.8, 4) is 89.7 Å². The highest BCUT2D eigenvalue weighted by Crippen LogP contribution is 2.47. The Hall–Kier alpha value is -7.82. The molecular formula is C67H63N3O. The van der Waals surface area contributed by atoms with Crippen molar-refractivity contribution in [3.05, 3.63) is 217 Å². The van der Waals surface area contributed by atoms with Gasteiger partial charge >= 0.3 is 0 Å². The zero-order valence-electron chi connectivity index (χ0n) is 45.3. The van der Waals surface area contributed by atoms with Gasteiger partial charge in [-0.25, -0.2) is 4.98 Å². The topological polar surface area (TPSA) is 50.9 Å². The van der Waals surface area contributed by atoms with Crippen LogP contribution in [0.3, 0.4) is 0 Å². The highest BCUT2D eigenvalue weighted by atomic mass is 16.3. The molecule has 0 saturated carbocycles. The zero-order valence-corrected chi connectivity index (χ0v) is 42.3. The first-order valence-corrected chi connectivity index (χ1v) is 24.6. The van der Waals surface area contributed by atoms with E-state index in [1.165, 1.54) is 5.56 Å². The molecule has 2 heterocycles. The summed E-state index contributed by atoms with van der Waals surface area (Å²) in [6.07, 6.45) is 1.87. The van der Waals surface area contributed by atoms with Crippen molar-refractivity contribution < 1.29 is 9.22 Å². The van der Waals surface area contributed by atoms with E-state index in [4.69, 9.17) is 14.1 Å². The van der Waals surface area contributed by atoms with E-state index < -0.39 is 12.3 Å². The van der Waals surface area contributed by atoms with E-state index in [0.29, 0.717) is 28.2 Å². The number of pyridine rings is 1. The molecule has 0 radical (unpaired) electrons. The Labute approximate surface area is 424 Å². The Kier molecular flexibility index (Phi) is 11.1. The van der Waals surface area contributed by atoms with Gasteiger partial charge in [-0.3, -0.25) is 9.55 Å². The normalized spacial score (nSPS) is 12.9. The fraction of sp³-hybridized carbons (Fsp3) is 0.194. The predicted molar refractivity (Wildman–Crippen MR) is 299 cm³/mol. The highest BCUT2D eigenvalue weighted by molar-refractivity contribution is 5.99. The van der Waals surface area contributed by atoms with E-state index in [1.54, 1.807) is 0 Å². The van der Waals surface area contributed by atoms with Crippen LogP contribution in [0, 0.1) is 6.85 Å². The fourth-order valence-electron chi connectivity index (χ4n) is 9.70. The summed E-state index contributed by atoms with van der Waals surface area (Å²) in [7, 11) is 0. The number of aromatic hydroxyl groups is 1. The van der Waals surface area contributed by atoms with E-state index in [2.05, 4.69) is 182 Å². The largest absolute Gasteiger partial charge is 0.507 e. The second-order valence-corrected chi connectivity index (χ2v) is 21.9. The van der Waals surface area contributed by atoms with Gasteiger partial charge in [0.2, 0.25) is 0 Å². The molecule has 0 bridgehead atoms. The van der Waals surface area contributed by atoms with Gasteiger partial charge in [0.1, 0.15) is 11.6 Å². The lowest BCUT2D eigenvalue weighted by Gasteiger charge is -2.28. The van der Waals surface area contributed by atoms with Gasteiger partial charge in [-0.15, -0.1) is 0 Å². The number of hydrogen-bond donors (Lipinski definition) is 1. The standard InChI is InChI=1S/C67H63N3O/c1-43-35-61(56(42-55(43)46-25-18-13-19-26-46)47-29-31-52(32-30-47)65(2,3)4)70-60-28-20-27-54(62(60)69-64(70)57-40-53(66(5,6)7)41-58(63(57)71)67(8,9)10)50-36-49(45-23-16-12-17-24-45)37-51(38-50)59-39-48(33-34-68-59)44-21-14-11-15-22-44/h11-42,71H,1-10H3/i1D3. The van der Waals surface area contributed by atoms with Crippen molar-refractivity contribution >= 4 is 11.0 Å². The fourth-order valence-corrected chi connectivity index (χ4v) is 9.70. The number of phenolic OH excluding ortho intramolecular Hbond substituents is 1. The predicted octanol–water partition coefficient (Wildman–Crippen LogP) is 18.0. The lowest BCUT2D eigenvalue weighted by molar-refractivity contribution is 0.446. The molecule has 10 rings (SSSR count). The third kappa shape index (κ3) is 9.23. The minimum atomic E-state index is -2.50. The molecule has 0 spiro atoms. The first kappa shape index (κ1) is 43.2. The number of hydrogen-bond acceptors (Lipinski definition) is 3. The molecule has 352 valence electrons. The van der Waals surface area contributed by atoms with E-state index in [-0.39, 0.29) is 22.1 Å². The molecular weight excluding hydrogens is 863 g/mol. The van der Waals surface area contributed by atoms with E-state index in [1.807, 2.05) is 79.0 Å². The Morgan fingerprint density at radius 3 is 1.65 bits per heavy atom. The van der Waals surface area contributed by atoms with Gasteiger partial charge in [-0.1, -0.05) is 196 Å². The first-order chi connectivity index (χ1) is 35.1. The summed E-state index contributed by atoms with van der Waals surface area (Å²) in [5.74, 6) is 0.629. The summed E-state index contributed by atoms with van der Waals surface area (Å²) in [6.45, 7) is 17.0. The maximum absolute atomic E-state index is 12.8. The molecule has 0 fully saturated rings. The molecule has 10 aromatic rings. The molecule has 4 nitrogen and oxygen atoms in total.